The number of nitrogens with one attached hydrogen (secondary N) is 2. The van der Waals surface area contributed by atoms with E-state index < -0.39 is 0 Å². The van der Waals surface area contributed by atoms with E-state index >= 15 is 0 Å². The fourth-order valence-corrected chi connectivity index (χ4v) is 3.73. The summed E-state index contributed by atoms with van der Waals surface area (Å²) in [5, 5.41) is 14.8. The lowest BCUT2D eigenvalue weighted by Gasteiger charge is -2.24. The van der Waals surface area contributed by atoms with Crippen LogP contribution in [0.1, 0.15) is 67.7 Å². The average molecular weight is 305 g/mol. The maximum atomic E-state index is 12.4. The van der Waals surface area contributed by atoms with Crippen molar-refractivity contribution in [3.63, 3.8) is 0 Å². The van der Waals surface area contributed by atoms with Crippen LogP contribution in [0, 0.1) is 12.3 Å². The number of aromatic nitrogens is 3. The Bertz CT molecular complexity index is 527. The number of hydrogen-bond acceptors (Lipinski definition) is 4. The quantitative estimate of drug-likeness (QED) is 0.890. The lowest BCUT2D eigenvalue weighted by Crippen LogP contribution is -2.34. The van der Waals surface area contributed by atoms with Crippen LogP contribution in [0.15, 0.2) is 0 Å². The Balaban J connectivity index is 1.64. The van der Waals surface area contributed by atoms with Crippen molar-refractivity contribution in [3.8, 4) is 0 Å². The number of nitrogens with zero attached hydrogens (tertiary/aromatic N) is 3. The molecule has 0 aromatic carbocycles. The second-order valence-corrected chi connectivity index (χ2v) is 7.15. The Hall–Kier alpha value is -1.43. The lowest BCUT2D eigenvalue weighted by atomic mass is 9.89. The molecule has 2 fully saturated rings. The van der Waals surface area contributed by atoms with Crippen LogP contribution in [0.2, 0.25) is 0 Å². The first-order valence-electron chi connectivity index (χ1n) is 8.50. The minimum absolute atomic E-state index is 0.0780. The minimum atomic E-state index is -0.0780. The van der Waals surface area contributed by atoms with Crippen molar-refractivity contribution in [1.82, 2.24) is 25.6 Å². The zero-order chi connectivity index (χ0) is 15.6. The van der Waals surface area contributed by atoms with Gasteiger partial charge in [0, 0.05) is 6.54 Å². The highest BCUT2D eigenvalue weighted by Crippen LogP contribution is 2.36. The van der Waals surface area contributed by atoms with Crippen molar-refractivity contribution in [2.45, 2.75) is 58.4 Å². The van der Waals surface area contributed by atoms with Crippen molar-refractivity contribution in [1.29, 1.82) is 0 Å². The summed E-state index contributed by atoms with van der Waals surface area (Å²) < 4.78 is 1.94. The first-order valence-corrected chi connectivity index (χ1v) is 8.50. The van der Waals surface area contributed by atoms with E-state index in [2.05, 4.69) is 27.9 Å². The van der Waals surface area contributed by atoms with Crippen molar-refractivity contribution in [2.24, 2.45) is 5.41 Å². The van der Waals surface area contributed by atoms with Gasteiger partial charge in [-0.1, -0.05) is 25.0 Å². The van der Waals surface area contributed by atoms with E-state index in [0.29, 0.717) is 11.7 Å². The summed E-state index contributed by atoms with van der Waals surface area (Å²) in [5.74, 6) is -0.0780. The van der Waals surface area contributed by atoms with Crippen LogP contribution < -0.4 is 10.6 Å². The van der Waals surface area contributed by atoms with Gasteiger partial charge in [-0.3, -0.25) is 4.79 Å². The Labute approximate surface area is 132 Å². The van der Waals surface area contributed by atoms with Crippen molar-refractivity contribution in [3.05, 3.63) is 11.4 Å². The molecule has 0 bridgehead atoms. The smallest absolute Gasteiger partial charge is 0.273 e. The summed E-state index contributed by atoms with van der Waals surface area (Å²) in [5.41, 5.74) is 1.63. The van der Waals surface area contributed by atoms with Gasteiger partial charge in [0.2, 0.25) is 0 Å². The van der Waals surface area contributed by atoms with E-state index in [1.807, 2.05) is 11.6 Å². The van der Waals surface area contributed by atoms with E-state index in [-0.39, 0.29) is 11.3 Å². The summed E-state index contributed by atoms with van der Waals surface area (Å²) in [6, 6.07) is 0.364. The van der Waals surface area contributed by atoms with Crippen LogP contribution >= 0.6 is 0 Å². The molecule has 1 aliphatic heterocycles. The number of carbonyl (C=O) groups excluding carboxylic acids is 1. The van der Waals surface area contributed by atoms with Crippen LogP contribution in [-0.2, 0) is 0 Å². The molecule has 1 amide bonds. The molecule has 1 aliphatic carbocycles. The predicted octanol–water partition coefficient (Wildman–Crippen LogP) is 1.82. The van der Waals surface area contributed by atoms with Crippen LogP contribution in [0.3, 0.4) is 0 Å². The van der Waals surface area contributed by atoms with Gasteiger partial charge in [-0.05, 0) is 51.1 Å². The summed E-state index contributed by atoms with van der Waals surface area (Å²) >= 11 is 0. The molecule has 1 saturated carbocycles. The third kappa shape index (κ3) is 3.16. The molecule has 6 heteroatoms. The molecule has 0 radical (unpaired) electrons. The topological polar surface area (TPSA) is 71.8 Å². The highest BCUT2D eigenvalue weighted by molar-refractivity contribution is 5.93. The molecule has 2 aliphatic rings. The Morgan fingerprint density at radius 3 is 2.73 bits per heavy atom. The molecule has 1 aromatic heterocycles. The van der Waals surface area contributed by atoms with E-state index in [4.69, 9.17) is 0 Å². The molecular weight excluding hydrogens is 278 g/mol. The number of rotatable bonds is 4. The Morgan fingerprint density at radius 2 is 2.05 bits per heavy atom. The molecule has 22 heavy (non-hydrogen) atoms. The maximum absolute atomic E-state index is 12.4. The third-order valence-corrected chi connectivity index (χ3v) is 5.28. The van der Waals surface area contributed by atoms with Crippen molar-refractivity contribution >= 4 is 5.91 Å². The second-order valence-electron chi connectivity index (χ2n) is 7.15. The summed E-state index contributed by atoms with van der Waals surface area (Å²) in [7, 11) is 0. The normalized spacial score (nSPS) is 21.9. The monoisotopic (exact) mass is 305 g/mol. The fourth-order valence-electron chi connectivity index (χ4n) is 3.73. The molecule has 2 N–H and O–H groups in total. The molecule has 0 spiro atoms. The molecule has 0 unspecified atom stereocenters. The van der Waals surface area contributed by atoms with Crippen molar-refractivity contribution in [2.75, 3.05) is 19.6 Å². The molecule has 1 saturated heterocycles. The molecule has 6 nitrogen and oxygen atoms in total. The summed E-state index contributed by atoms with van der Waals surface area (Å²) in [4.78, 5) is 12.4. The number of carbonyl (C=O) groups is 1. The zero-order valence-corrected chi connectivity index (χ0v) is 13.7. The van der Waals surface area contributed by atoms with E-state index in [1.54, 1.807) is 0 Å². The third-order valence-electron chi connectivity index (χ3n) is 5.28. The van der Waals surface area contributed by atoms with Gasteiger partial charge < -0.3 is 10.6 Å². The van der Waals surface area contributed by atoms with Crippen LogP contribution in [0.5, 0.6) is 0 Å². The molecular formula is C16H27N5O. The van der Waals surface area contributed by atoms with Gasteiger partial charge in [0.25, 0.3) is 5.91 Å². The molecule has 3 rings (SSSR count). The predicted molar refractivity (Wildman–Crippen MR) is 84.8 cm³/mol. The van der Waals surface area contributed by atoms with Gasteiger partial charge >= 0.3 is 0 Å². The van der Waals surface area contributed by atoms with Gasteiger partial charge in [-0.25, -0.2) is 4.68 Å². The second kappa shape index (κ2) is 6.36. The number of amides is 1. The van der Waals surface area contributed by atoms with Crippen LogP contribution in [0.4, 0.5) is 0 Å². The number of piperidine rings is 1. The molecule has 0 atom stereocenters. The average Bonchev–Trinajstić information content (AvgIpc) is 3.13. The summed E-state index contributed by atoms with van der Waals surface area (Å²) in [6.07, 6.45) is 7.04. The van der Waals surface area contributed by atoms with Crippen molar-refractivity contribution < 1.29 is 4.79 Å². The van der Waals surface area contributed by atoms with Gasteiger partial charge in [0.05, 0.1) is 11.7 Å². The van der Waals surface area contributed by atoms with Gasteiger partial charge in [0.1, 0.15) is 0 Å². The first kappa shape index (κ1) is 15.5. The zero-order valence-electron chi connectivity index (χ0n) is 13.7. The van der Waals surface area contributed by atoms with Gasteiger partial charge in [-0.15, -0.1) is 5.10 Å². The largest absolute Gasteiger partial charge is 0.350 e. The van der Waals surface area contributed by atoms with Crippen LogP contribution in [-0.4, -0.2) is 40.5 Å². The van der Waals surface area contributed by atoms with Gasteiger partial charge in [-0.2, -0.15) is 0 Å². The van der Waals surface area contributed by atoms with E-state index in [9.17, 15) is 4.79 Å². The molecule has 1 aromatic rings. The molecule has 122 valence electrons. The summed E-state index contributed by atoms with van der Waals surface area (Å²) in [6.45, 7) is 6.96. The first-order chi connectivity index (χ1) is 10.6. The SMILES string of the molecule is Cc1c(C(=O)NCC2(C)CCCC2)nnn1C1CCNCC1. The molecule has 2 heterocycles. The minimum Gasteiger partial charge on any atom is -0.350 e. The number of hydrogen-bond donors (Lipinski definition) is 2. The highest BCUT2D eigenvalue weighted by atomic mass is 16.2. The Morgan fingerprint density at radius 1 is 1.36 bits per heavy atom. The lowest BCUT2D eigenvalue weighted by molar-refractivity contribution is 0.0928. The van der Waals surface area contributed by atoms with Gasteiger partial charge in [0.15, 0.2) is 5.69 Å². The van der Waals surface area contributed by atoms with Crippen LogP contribution in [0.25, 0.3) is 0 Å². The van der Waals surface area contributed by atoms with E-state index in [1.165, 1.54) is 25.7 Å². The van der Waals surface area contributed by atoms with E-state index in [0.717, 1.165) is 38.2 Å². The fraction of sp³-hybridized carbons (Fsp3) is 0.812. The maximum Gasteiger partial charge on any atom is 0.273 e. The standard InChI is InChI=1S/C16H27N5O/c1-12-14(15(22)18-11-16(2)7-3-4-8-16)19-20-21(12)13-5-9-17-10-6-13/h13,17H,3-11H2,1-2H3,(H,18,22). The Kier molecular flexibility index (Phi) is 4.47. The highest BCUT2D eigenvalue weighted by Gasteiger charge is 2.30.